The van der Waals surface area contributed by atoms with Gasteiger partial charge in [0.25, 0.3) is 0 Å². The fourth-order valence-electron chi connectivity index (χ4n) is 3.61. The molecule has 1 aliphatic rings. The van der Waals surface area contributed by atoms with Crippen LogP contribution >= 0.6 is 8.46 Å². The topological polar surface area (TPSA) is 74.2 Å². The van der Waals surface area contributed by atoms with Crippen LogP contribution in [0.1, 0.15) is 34.1 Å². The van der Waals surface area contributed by atoms with Crippen molar-refractivity contribution in [3.8, 4) is 0 Å². The molecule has 0 saturated carbocycles. The third-order valence-corrected chi connectivity index (χ3v) is 7.13. The van der Waals surface area contributed by atoms with E-state index in [1.54, 1.807) is 25.1 Å². The van der Waals surface area contributed by atoms with E-state index in [0.29, 0.717) is 13.3 Å². The molecule has 1 fully saturated rings. The molecule has 32 heavy (non-hydrogen) atoms. The molecule has 0 spiro atoms. The van der Waals surface area contributed by atoms with Crippen molar-refractivity contribution in [3.63, 3.8) is 0 Å². The van der Waals surface area contributed by atoms with Gasteiger partial charge in [0.1, 0.15) is 0 Å². The van der Waals surface area contributed by atoms with E-state index >= 15 is 0 Å². The summed E-state index contributed by atoms with van der Waals surface area (Å²) in [7, 11) is 0.983. The van der Waals surface area contributed by atoms with Crippen molar-refractivity contribution in [2.45, 2.75) is 64.4 Å². The molecule has 2 rings (SSSR count). The van der Waals surface area contributed by atoms with Crippen molar-refractivity contribution in [1.29, 1.82) is 0 Å². The number of para-hydroxylation sites is 1. The van der Waals surface area contributed by atoms with Gasteiger partial charge in [0.15, 0.2) is 0 Å². The van der Waals surface area contributed by atoms with E-state index in [0.717, 1.165) is 7.04 Å². The average Bonchev–Trinajstić information content (AvgIpc) is 2.74. The molecular weight excluding hydrogens is 444 g/mol. The Morgan fingerprint density at radius 1 is 1.31 bits per heavy atom. The fourth-order valence-corrected chi connectivity index (χ4v) is 5.18. The number of alkyl halides is 3. The predicted molar refractivity (Wildman–Crippen MR) is 119 cm³/mol. The number of nitrogens with zero attached hydrogens (tertiary/aromatic N) is 1. The summed E-state index contributed by atoms with van der Waals surface area (Å²) >= 11 is 0. The molecule has 174 valence electrons. The molecule has 0 bridgehead atoms. The van der Waals surface area contributed by atoms with Crippen molar-refractivity contribution in [3.05, 3.63) is 30.3 Å². The van der Waals surface area contributed by atoms with E-state index in [4.69, 9.17) is 14.2 Å². The van der Waals surface area contributed by atoms with Crippen LogP contribution in [-0.2, 0) is 23.7 Å². The summed E-state index contributed by atoms with van der Waals surface area (Å²) in [6.07, 6.45) is -7.20. The molecule has 1 saturated heterocycles. The Balaban J connectivity index is 2.42. The number of esters is 1. The second-order valence-corrected chi connectivity index (χ2v) is 9.24. The second kappa shape index (κ2) is 11.9. The number of rotatable bonds is 8. The van der Waals surface area contributed by atoms with E-state index in [-0.39, 0.29) is 31.6 Å². The maximum absolute atomic E-state index is 13.8. The summed E-state index contributed by atoms with van der Waals surface area (Å²) in [5.74, 6) is -2.53. The molecule has 0 N–H and O–H groups in total. The molecule has 0 amide bonds. The molecule has 0 aromatic heterocycles. The molecule has 3 unspecified atom stereocenters. The van der Waals surface area contributed by atoms with Crippen molar-refractivity contribution in [1.82, 2.24) is 0 Å². The van der Waals surface area contributed by atoms with Crippen LogP contribution in [0.2, 0.25) is 0 Å². The van der Waals surface area contributed by atoms with Gasteiger partial charge in [-0.05, 0) is 0 Å². The Labute approximate surface area is 188 Å². The van der Waals surface area contributed by atoms with E-state index in [1.165, 1.54) is 19.1 Å². The van der Waals surface area contributed by atoms with Gasteiger partial charge >= 0.3 is 182 Å². The third-order valence-electron chi connectivity index (χ3n) is 5.40. The number of hydrogen-bond acceptors (Lipinski definition) is 6. The number of ether oxygens (including phenoxy) is 3. The zero-order valence-electron chi connectivity index (χ0n) is 18.5. The standard InChI is InChI=1S/C20H27B2F3NO5P/c1-5-11(2)15-17(32-22-21-28)12(3)16(29-13(4)27)18(30-15)31-19(20(23,24)25)26-14-9-7-6-8-10-14/h6-12,15-18,22,32H,5H2,1-4H3/b26-19+/t11-,12?,15?,16+,17-,18-/m0/s1. The van der Waals surface area contributed by atoms with Crippen LogP contribution in [-0.4, -0.2) is 56.1 Å². The van der Waals surface area contributed by atoms with Crippen LogP contribution in [0.15, 0.2) is 35.3 Å². The molecule has 7 atom stereocenters. The summed E-state index contributed by atoms with van der Waals surface area (Å²) in [5, 5.41) is 0. The van der Waals surface area contributed by atoms with Crippen molar-refractivity contribution in [2.75, 3.05) is 0 Å². The zero-order chi connectivity index (χ0) is 23.9. The van der Waals surface area contributed by atoms with Crippen LogP contribution < -0.4 is 0 Å². The van der Waals surface area contributed by atoms with E-state index in [2.05, 4.69) is 4.99 Å². The Hall–Kier alpha value is -1.73. The summed E-state index contributed by atoms with van der Waals surface area (Å²) in [6, 6.07) is 7.62. The Morgan fingerprint density at radius 2 is 1.97 bits per heavy atom. The van der Waals surface area contributed by atoms with Crippen LogP contribution in [0.3, 0.4) is 0 Å². The van der Waals surface area contributed by atoms with E-state index in [9.17, 15) is 22.7 Å². The zero-order valence-corrected chi connectivity index (χ0v) is 19.5. The van der Waals surface area contributed by atoms with Crippen molar-refractivity contribution >= 4 is 39.9 Å². The molecule has 12 heteroatoms. The Kier molecular flexibility index (Phi) is 9.89. The van der Waals surface area contributed by atoms with Gasteiger partial charge in [-0.15, -0.1) is 0 Å². The number of aliphatic imine (C=N–C) groups is 1. The van der Waals surface area contributed by atoms with Gasteiger partial charge in [0, 0.05) is 0 Å². The Morgan fingerprint density at radius 3 is 2.50 bits per heavy atom. The molecule has 0 radical (unpaired) electrons. The first-order chi connectivity index (χ1) is 15.1. The average molecular weight is 471 g/mol. The molecule has 1 aliphatic heterocycles. The van der Waals surface area contributed by atoms with Crippen LogP contribution in [0.4, 0.5) is 18.9 Å². The molecule has 1 heterocycles. The molecule has 0 aliphatic carbocycles. The number of benzene rings is 1. The molecular formula is C20H27B2F3NO5P. The van der Waals surface area contributed by atoms with Gasteiger partial charge in [-0.2, -0.15) is 0 Å². The molecule has 1 aromatic carbocycles. The SMILES string of the molecule is CC[C@H](C)C1O[C@@H](O/C(=N/c2ccccc2)C(F)(F)F)[C@H](OC(C)=O)C(C)[C@@H]1PBB=O. The summed E-state index contributed by atoms with van der Waals surface area (Å²) in [6.45, 7) is 7.14. The van der Waals surface area contributed by atoms with Gasteiger partial charge in [-0.25, -0.2) is 0 Å². The van der Waals surface area contributed by atoms with Crippen LogP contribution in [0, 0.1) is 11.8 Å². The maximum atomic E-state index is 13.8. The second-order valence-electron chi connectivity index (χ2n) is 7.76. The quantitative estimate of drug-likeness (QED) is 0.189. The van der Waals surface area contributed by atoms with Gasteiger partial charge < -0.3 is 0 Å². The number of carbonyl (C=O) groups excluding carboxylic acids is 1. The van der Waals surface area contributed by atoms with Gasteiger partial charge in [0.2, 0.25) is 0 Å². The summed E-state index contributed by atoms with van der Waals surface area (Å²) in [4.78, 5) is 15.4. The van der Waals surface area contributed by atoms with Crippen LogP contribution in [0.25, 0.3) is 0 Å². The fraction of sp³-hybridized carbons (Fsp3) is 0.600. The van der Waals surface area contributed by atoms with Crippen molar-refractivity contribution < 1.29 is 36.9 Å². The normalized spacial score (nSPS) is 27.6. The van der Waals surface area contributed by atoms with Crippen LogP contribution in [0.5, 0.6) is 0 Å². The first kappa shape index (κ1) is 26.5. The van der Waals surface area contributed by atoms with Crippen molar-refractivity contribution in [2.24, 2.45) is 16.8 Å². The van der Waals surface area contributed by atoms with Gasteiger partial charge in [0.05, 0.1) is 0 Å². The van der Waals surface area contributed by atoms with Gasteiger partial charge in [-0.1, -0.05) is 6.07 Å². The minimum absolute atomic E-state index is 0.00798. The minimum atomic E-state index is -4.88. The van der Waals surface area contributed by atoms with Gasteiger partial charge in [-0.3, -0.25) is 0 Å². The van der Waals surface area contributed by atoms with E-state index in [1.807, 2.05) is 13.8 Å². The first-order valence-corrected chi connectivity index (χ1v) is 11.7. The molecule has 6 nitrogen and oxygen atoms in total. The number of carbonyl (C=O) groups is 1. The number of halogens is 3. The summed E-state index contributed by atoms with van der Waals surface area (Å²) < 4.78 is 68.9. The predicted octanol–water partition coefficient (Wildman–Crippen LogP) is 4.00. The monoisotopic (exact) mass is 471 g/mol. The third kappa shape index (κ3) is 7.14. The Bertz CT molecular complexity index is 799. The van der Waals surface area contributed by atoms with E-state index < -0.39 is 36.5 Å². The molecule has 1 aromatic rings. The first-order valence-electron chi connectivity index (χ1n) is 10.5. The summed E-state index contributed by atoms with van der Waals surface area (Å²) in [5.41, 5.74) is -0.101. The number of hydrogen-bond donors (Lipinski definition) is 0.